The van der Waals surface area contributed by atoms with E-state index in [4.69, 9.17) is 4.74 Å². The molecule has 0 spiro atoms. The van der Waals surface area contributed by atoms with Gasteiger partial charge < -0.3 is 15.0 Å². The molecule has 2 amide bonds. The van der Waals surface area contributed by atoms with Gasteiger partial charge in [-0.2, -0.15) is 0 Å². The van der Waals surface area contributed by atoms with Gasteiger partial charge in [0.05, 0.1) is 13.2 Å². The number of amides is 2. The predicted molar refractivity (Wildman–Crippen MR) is 97.8 cm³/mol. The molecule has 0 aromatic heterocycles. The van der Waals surface area contributed by atoms with E-state index in [1.165, 1.54) is 0 Å². The third-order valence-electron chi connectivity index (χ3n) is 4.06. The number of hydrogen-bond donors (Lipinski definition) is 1. The van der Waals surface area contributed by atoms with Crippen LogP contribution in [0.2, 0.25) is 0 Å². The first-order chi connectivity index (χ1) is 12.0. The highest BCUT2D eigenvalue weighted by Gasteiger charge is 2.23. The first-order valence-electron chi connectivity index (χ1n) is 9.00. The largest absolute Gasteiger partial charge is 0.493 e. The molecule has 1 aromatic rings. The van der Waals surface area contributed by atoms with Crippen molar-refractivity contribution in [2.75, 3.05) is 45.9 Å². The number of likely N-dealkylation sites (N-methyl/N-ethyl adjacent to an activating group) is 1. The Labute approximate surface area is 150 Å². The molecule has 1 N–H and O–H groups in total. The minimum Gasteiger partial charge on any atom is -0.493 e. The van der Waals surface area contributed by atoms with Crippen LogP contribution in [0.5, 0.6) is 5.75 Å². The van der Waals surface area contributed by atoms with Crippen molar-refractivity contribution in [2.45, 2.75) is 20.8 Å². The zero-order valence-corrected chi connectivity index (χ0v) is 15.5. The maximum Gasteiger partial charge on any atom is 0.254 e. The fraction of sp³-hybridized carbons (Fsp3) is 0.579. The van der Waals surface area contributed by atoms with Crippen molar-refractivity contribution in [1.82, 2.24) is 15.1 Å². The number of hydrogen-bond acceptors (Lipinski definition) is 4. The van der Waals surface area contributed by atoms with E-state index in [2.05, 4.69) is 24.1 Å². The summed E-state index contributed by atoms with van der Waals surface area (Å²) in [6.45, 7) is 10.5. The van der Waals surface area contributed by atoms with E-state index < -0.39 is 0 Å². The van der Waals surface area contributed by atoms with Crippen LogP contribution in [0, 0.1) is 5.92 Å². The summed E-state index contributed by atoms with van der Waals surface area (Å²) >= 11 is 0. The quantitative estimate of drug-likeness (QED) is 0.814. The number of rotatable bonds is 7. The molecule has 0 unspecified atom stereocenters. The van der Waals surface area contributed by atoms with Crippen molar-refractivity contribution in [3.63, 3.8) is 0 Å². The van der Waals surface area contributed by atoms with Crippen molar-refractivity contribution in [3.8, 4) is 5.75 Å². The van der Waals surface area contributed by atoms with Crippen LogP contribution < -0.4 is 10.1 Å². The zero-order valence-electron chi connectivity index (χ0n) is 15.5. The molecule has 0 atom stereocenters. The lowest BCUT2D eigenvalue weighted by Gasteiger charge is -2.34. The van der Waals surface area contributed by atoms with Crippen molar-refractivity contribution in [2.24, 2.45) is 5.92 Å². The average molecular weight is 347 g/mol. The Morgan fingerprint density at radius 3 is 2.56 bits per heavy atom. The summed E-state index contributed by atoms with van der Waals surface area (Å²) in [5, 5.41) is 2.80. The molecular weight excluding hydrogens is 318 g/mol. The topological polar surface area (TPSA) is 61.9 Å². The van der Waals surface area contributed by atoms with Gasteiger partial charge in [0.2, 0.25) is 5.91 Å². The predicted octanol–water partition coefficient (Wildman–Crippen LogP) is 1.62. The second-order valence-electron chi connectivity index (χ2n) is 6.75. The Morgan fingerprint density at radius 2 is 1.92 bits per heavy atom. The maximum absolute atomic E-state index is 12.7. The molecule has 1 aliphatic rings. The molecule has 25 heavy (non-hydrogen) atoms. The van der Waals surface area contributed by atoms with Crippen LogP contribution in [-0.2, 0) is 4.79 Å². The van der Waals surface area contributed by atoms with Gasteiger partial charge in [-0.15, -0.1) is 0 Å². The summed E-state index contributed by atoms with van der Waals surface area (Å²) < 4.78 is 5.71. The van der Waals surface area contributed by atoms with Crippen molar-refractivity contribution < 1.29 is 14.3 Å². The van der Waals surface area contributed by atoms with Gasteiger partial charge in [0.15, 0.2) is 0 Å². The van der Waals surface area contributed by atoms with E-state index in [0.29, 0.717) is 57.4 Å². The van der Waals surface area contributed by atoms with Crippen LogP contribution in [0.3, 0.4) is 0 Å². The van der Waals surface area contributed by atoms with E-state index in [1.54, 1.807) is 0 Å². The Balaban J connectivity index is 1.87. The Kier molecular flexibility index (Phi) is 7.25. The van der Waals surface area contributed by atoms with Gasteiger partial charge in [-0.25, -0.2) is 0 Å². The second kappa shape index (κ2) is 9.42. The minimum absolute atomic E-state index is 0.0210. The molecule has 138 valence electrons. The molecule has 0 radical (unpaired) electrons. The lowest BCUT2D eigenvalue weighted by Crippen LogP contribution is -2.51. The lowest BCUT2D eigenvalue weighted by atomic mass is 10.1. The molecule has 1 saturated heterocycles. The zero-order chi connectivity index (χ0) is 18.2. The number of carbonyl (C=O) groups excluding carboxylic acids is 2. The van der Waals surface area contributed by atoms with E-state index in [0.717, 1.165) is 5.75 Å². The molecule has 6 heteroatoms. The summed E-state index contributed by atoms with van der Waals surface area (Å²) in [5.74, 6) is 1.23. The van der Waals surface area contributed by atoms with E-state index in [-0.39, 0.29) is 11.8 Å². The van der Waals surface area contributed by atoms with Crippen LogP contribution in [0.25, 0.3) is 0 Å². The molecule has 1 aliphatic heterocycles. The normalized spacial score (nSPS) is 15.3. The Bertz CT molecular complexity index is 581. The van der Waals surface area contributed by atoms with Gasteiger partial charge in [-0.1, -0.05) is 19.9 Å². The average Bonchev–Trinajstić information content (AvgIpc) is 2.60. The third kappa shape index (κ3) is 6.05. The van der Waals surface area contributed by atoms with Gasteiger partial charge in [-0.3, -0.25) is 14.5 Å². The van der Waals surface area contributed by atoms with E-state index in [1.807, 2.05) is 36.1 Å². The fourth-order valence-electron chi connectivity index (χ4n) is 2.73. The van der Waals surface area contributed by atoms with E-state index in [9.17, 15) is 9.59 Å². The van der Waals surface area contributed by atoms with Crippen LogP contribution >= 0.6 is 0 Å². The molecular formula is C19H29N3O3. The monoisotopic (exact) mass is 347 g/mol. The molecule has 1 fully saturated rings. The number of nitrogens with one attached hydrogen (secondary N) is 1. The fourth-order valence-corrected chi connectivity index (χ4v) is 2.73. The van der Waals surface area contributed by atoms with Crippen LogP contribution in [0.1, 0.15) is 31.1 Å². The number of benzene rings is 1. The Hall–Kier alpha value is -2.08. The highest BCUT2D eigenvalue weighted by molar-refractivity contribution is 5.94. The SMILES string of the molecule is CCNC(=O)CN1CCN(C(=O)c2cccc(OCC(C)C)c2)CC1. The minimum atomic E-state index is 0.0210. The first-order valence-corrected chi connectivity index (χ1v) is 9.00. The van der Waals surface area contributed by atoms with Crippen LogP contribution in [0.4, 0.5) is 0 Å². The summed E-state index contributed by atoms with van der Waals surface area (Å²) in [7, 11) is 0. The summed E-state index contributed by atoms with van der Waals surface area (Å²) in [4.78, 5) is 28.3. The van der Waals surface area contributed by atoms with Gasteiger partial charge in [0, 0.05) is 38.3 Å². The lowest BCUT2D eigenvalue weighted by molar-refractivity contribution is -0.122. The highest BCUT2D eigenvalue weighted by Crippen LogP contribution is 2.17. The summed E-state index contributed by atoms with van der Waals surface area (Å²) in [6, 6.07) is 7.37. The smallest absolute Gasteiger partial charge is 0.254 e. The number of ether oxygens (including phenoxy) is 1. The summed E-state index contributed by atoms with van der Waals surface area (Å²) in [5.41, 5.74) is 0.651. The number of piperazine rings is 1. The Morgan fingerprint density at radius 1 is 1.20 bits per heavy atom. The van der Waals surface area contributed by atoms with E-state index >= 15 is 0 Å². The summed E-state index contributed by atoms with van der Waals surface area (Å²) in [6.07, 6.45) is 0. The van der Waals surface area contributed by atoms with Crippen LogP contribution in [0.15, 0.2) is 24.3 Å². The molecule has 0 aliphatic carbocycles. The third-order valence-corrected chi connectivity index (χ3v) is 4.06. The highest BCUT2D eigenvalue weighted by atomic mass is 16.5. The first kappa shape index (κ1) is 19.2. The molecule has 6 nitrogen and oxygen atoms in total. The van der Waals surface area contributed by atoms with Crippen molar-refractivity contribution in [3.05, 3.63) is 29.8 Å². The molecule has 0 bridgehead atoms. The maximum atomic E-state index is 12.7. The molecule has 1 heterocycles. The standard InChI is InChI=1S/C19H29N3O3/c1-4-20-18(23)13-21-8-10-22(11-9-21)19(24)16-6-5-7-17(12-16)25-14-15(2)3/h5-7,12,15H,4,8-11,13-14H2,1-3H3,(H,20,23). The number of nitrogens with zero attached hydrogens (tertiary/aromatic N) is 2. The second-order valence-corrected chi connectivity index (χ2v) is 6.75. The van der Waals surface area contributed by atoms with Crippen LogP contribution in [-0.4, -0.2) is 67.5 Å². The van der Waals surface area contributed by atoms with Crippen molar-refractivity contribution in [1.29, 1.82) is 0 Å². The molecule has 1 aromatic carbocycles. The van der Waals surface area contributed by atoms with Gasteiger partial charge in [-0.05, 0) is 31.0 Å². The molecule has 0 saturated carbocycles. The molecule has 2 rings (SSSR count). The van der Waals surface area contributed by atoms with Gasteiger partial charge in [0.25, 0.3) is 5.91 Å². The van der Waals surface area contributed by atoms with Crippen molar-refractivity contribution >= 4 is 11.8 Å². The van der Waals surface area contributed by atoms with Gasteiger partial charge in [0.1, 0.15) is 5.75 Å². The number of carbonyl (C=O) groups is 2. The van der Waals surface area contributed by atoms with Gasteiger partial charge >= 0.3 is 0 Å².